The van der Waals surface area contributed by atoms with Gasteiger partial charge in [0.25, 0.3) is 5.56 Å². The molecule has 3 fully saturated rings. The third kappa shape index (κ3) is 3.17. The lowest BCUT2D eigenvalue weighted by atomic mass is 9.98. The van der Waals surface area contributed by atoms with Crippen LogP contribution < -0.4 is 32.0 Å². The van der Waals surface area contributed by atoms with Gasteiger partial charge in [0.05, 0.1) is 24.3 Å². The number of nitrogens with zero attached hydrogens (tertiary/aromatic N) is 4. The third-order valence-corrected chi connectivity index (χ3v) is 7.17. The van der Waals surface area contributed by atoms with Gasteiger partial charge in [-0.05, 0) is 49.7 Å². The van der Waals surface area contributed by atoms with Crippen LogP contribution in [0, 0.1) is 23.2 Å². The van der Waals surface area contributed by atoms with Gasteiger partial charge >= 0.3 is 5.69 Å². The van der Waals surface area contributed by atoms with Crippen molar-refractivity contribution >= 4 is 16.6 Å². The normalized spacial score (nSPS) is 25.0. The maximum Gasteiger partial charge on any atom is 0.350 e. The molecule has 0 spiro atoms. The van der Waals surface area contributed by atoms with Crippen molar-refractivity contribution in [3.8, 4) is 11.8 Å². The number of methoxy groups -OCH3 is 1. The number of anilines is 1. The van der Waals surface area contributed by atoms with Crippen molar-refractivity contribution in [2.75, 3.05) is 37.5 Å². The first-order valence-corrected chi connectivity index (χ1v) is 11.0. The van der Waals surface area contributed by atoms with Gasteiger partial charge in [0.1, 0.15) is 5.52 Å². The van der Waals surface area contributed by atoms with Crippen molar-refractivity contribution in [2.45, 2.75) is 44.2 Å². The molecule has 1 aromatic carbocycles. The molecule has 3 aliphatic rings. The number of ether oxygens (including phenoxy) is 1. The predicted octanol–water partition coefficient (Wildman–Crippen LogP) is 0.939. The zero-order valence-corrected chi connectivity index (χ0v) is 17.7. The van der Waals surface area contributed by atoms with Crippen LogP contribution in [0.4, 0.5) is 5.69 Å². The van der Waals surface area contributed by atoms with E-state index >= 15 is 0 Å². The summed E-state index contributed by atoms with van der Waals surface area (Å²) < 4.78 is 8.17. The number of aromatic nitrogens is 2. The highest BCUT2D eigenvalue weighted by Gasteiger charge is 2.43. The Morgan fingerprint density at radius 3 is 2.74 bits per heavy atom. The summed E-state index contributed by atoms with van der Waals surface area (Å²) in [6.45, 7) is 2.53. The summed E-state index contributed by atoms with van der Waals surface area (Å²) in [4.78, 5) is 27.8. The number of hydrogen-bond donors (Lipinski definition) is 2. The molecule has 5 rings (SSSR count). The monoisotopic (exact) mass is 424 g/mol. The van der Waals surface area contributed by atoms with E-state index < -0.39 is 11.2 Å². The second-order valence-corrected chi connectivity index (χ2v) is 8.95. The van der Waals surface area contributed by atoms with Gasteiger partial charge in [-0.1, -0.05) is 0 Å². The SMILES string of the molecule is COc1c(N2CC3CCC(NCCC#N)C3C2)ccc2c(=O)n(N)c(=O)n(C3CC3)c12. The van der Waals surface area contributed by atoms with Gasteiger partial charge in [0.15, 0.2) is 5.75 Å². The molecule has 3 atom stereocenters. The number of nitrogens with one attached hydrogen (secondary N) is 1. The Hall–Kier alpha value is -2.99. The smallest absolute Gasteiger partial charge is 0.350 e. The third-order valence-electron chi connectivity index (χ3n) is 7.17. The number of nitrogens with two attached hydrogens (primary N) is 1. The molecule has 2 heterocycles. The Morgan fingerprint density at radius 2 is 2.03 bits per heavy atom. The van der Waals surface area contributed by atoms with Crippen molar-refractivity contribution in [3.63, 3.8) is 0 Å². The summed E-state index contributed by atoms with van der Waals surface area (Å²) in [7, 11) is 1.59. The predicted molar refractivity (Wildman–Crippen MR) is 118 cm³/mol. The maximum absolute atomic E-state index is 12.8. The first-order valence-electron chi connectivity index (χ1n) is 11.0. The van der Waals surface area contributed by atoms with Crippen LogP contribution in [0.25, 0.3) is 10.9 Å². The molecule has 3 unspecified atom stereocenters. The van der Waals surface area contributed by atoms with Gasteiger partial charge in [-0.3, -0.25) is 9.36 Å². The molecule has 2 aromatic rings. The second-order valence-electron chi connectivity index (χ2n) is 8.95. The van der Waals surface area contributed by atoms with Crippen LogP contribution in [0.15, 0.2) is 21.7 Å². The molecule has 9 heteroatoms. The molecule has 0 amide bonds. The van der Waals surface area contributed by atoms with Crippen LogP contribution in [0.2, 0.25) is 0 Å². The zero-order valence-electron chi connectivity index (χ0n) is 17.7. The van der Waals surface area contributed by atoms with Gasteiger partial charge in [-0.25, -0.2) is 4.79 Å². The maximum atomic E-state index is 12.8. The van der Waals surface area contributed by atoms with Gasteiger partial charge in [0.2, 0.25) is 0 Å². The fraction of sp³-hybridized carbons (Fsp3) is 0.591. The Bertz CT molecular complexity index is 1170. The number of nitriles is 1. The Kier molecular flexibility index (Phi) is 4.89. The van der Waals surface area contributed by atoms with E-state index in [0.29, 0.717) is 45.6 Å². The standard InChI is InChI=1S/C22H28N6O3/c1-31-20-18(26-11-13-3-7-17(16(13)12-26)25-10-2-9-23)8-6-15-19(20)27(14-4-5-14)22(30)28(24)21(15)29/h6,8,13-14,16-17,25H,2-5,7,10-12,24H2,1H3. The van der Waals surface area contributed by atoms with E-state index in [0.717, 1.165) is 51.0 Å². The minimum atomic E-state index is -0.498. The summed E-state index contributed by atoms with van der Waals surface area (Å²) in [5.41, 5.74) is 0.486. The lowest BCUT2D eigenvalue weighted by Crippen LogP contribution is -2.44. The van der Waals surface area contributed by atoms with E-state index in [9.17, 15) is 9.59 Å². The Morgan fingerprint density at radius 1 is 1.23 bits per heavy atom. The number of rotatable bonds is 6. The Balaban J connectivity index is 1.54. The van der Waals surface area contributed by atoms with E-state index in [1.165, 1.54) is 0 Å². The molecule has 1 saturated heterocycles. The molecule has 2 aliphatic carbocycles. The molecule has 1 aromatic heterocycles. The van der Waals surface area contributed by atoms with Gasteiger partial charge < -0.3 is 20.8 Å². The van der Waals surface area contributed by atoms with E-state index in [1.54, 1.807) is 17.7 Å². The zero-order chi connectivity index (χ0) is 21.7. The fourth-order valence-electron chi connectivity index (χ4n) is 5.55. The average molecular weight is 425 g/mol. The van der Waals surface area contributed by atoms with E-state index in [-0.39, 0.29) is 6.04 Å². The average Bonchev–Trinajstić information content (AvgIpc) is 3.40. The van der Waals surface area contributed by atoms with Gasteiger partial charge in [-0.2, -0.15) is 9.94 Å². The van der Waals surface area contributed by atoms with Crippen LogP contribution in [0.3, 0.4) is 0 Å². The molecule has 164 valence electrons. The highest BCUT2D eigenvalue weighted by atomic mass is 16.5. The molecular weight excluding hydrogens is 396 g/mol. The molecular formula is C22H28N6O3. The van der Waals surface area contributed by atoms with Crippen molar-refractivity contribution in [2.24, 2.45) is 11.8 Å². The molecule has 2 saturated carbocycles. The van der Waals surface area contributed by atoms with Crippen LogP contribution >= 0.6 is 0 Å². The summed E-state index contributed by atoms with van der Waals surface area (Å²) in [6.07, 6.45) is 4.61. The van der Waals surface area contributed by atoms with Crippen molar-refractivity contribution in [3.05, 3.63) is 33.0 Å². The quantitative estimate of drug-likeness (QED) is 0.523. The lowest BCUT2D eigenvalue weighted by Gasteiger charge is -2.26. The van der Waals surface area contributed by atoms with Gasteiger partial charge in [0, 0.05) is 38.1 Å². The lowest BCUT2D eigenvalue weighted by molar-refractivity contribution is 0.393. The summed E-state index contributed by atoms with van der Waals surface area (Å²) in [6, 6.07) is 6.37. The number of fused-ring (bicyclic) bond motifs is 2. The topological polar surface area (TPSA) is 118 Å². The number of benzene rings is 1. The van der Waals surface area contributed by atoms with Crippen LogP contribution in [-0.4, -0.2) is 42.0 Å². The van der Waals surface area contributed by atoms with Gasteiger partial charge in [-0.15, -0.1) is 0 Å². The first kappa shape index (κ1) is 19.9. The molecule has 9 nitrogen and oxygen atoms in total. The van der Waals surface area contributed by atoms with E-state index in [2.05, 4.69) is 16.3 Å². The highest BCUT2D eigenvalue weighted by molar-refractivity contribution is 5.90. The highest BCUT2D eigenvalue weighted by Crippen LogP contribution is 2.45. The molecule has 0 bridgehead atoms. The minimum absolute atomic E-state index is 0.0567. The largest absolute Gasteiger partial charge is 0.492 e. The van der Waals surface area contributed by atoms with Crippen molar-refractivity contribution < 1.29 is 4.74 Å². The van der Waals surface area contributed by atoms with Crippen LogP contribution in [0.5, 0.6) is 5.75 Å². The van der Waals surface area contributed by atoms with Crippen molar-refractivity contribution in [1.29, 1.82) is 5.26 Å². The second kappa shape index (κ2) is 7.61. The molecule has 31 heavy (non-hydrogen) atoms. The number of nitrogen functional groups attached to an aromatic ring is 1. The van der Waals surface area contributed by atoms with Crippen LogP contribution in [0.1, 0.15) is 38.1 Å². The molecule has 1 aliphatic heterocycles. The number of hydrogen-bond acceptors (Lipinski definition) is 7. The first-order chi connectivity index (χ1) is 15.0. The Labute approximate surface area is 180 Å². The minimum Gasteiger partial charge on any atom is -0.492 e. The van der Waals surface area contributed by atoms with Crippen molar-refractivity contribution in [1.82, 2.24) is 14.6 Å². The van der Waals surface area contributed by atoms with E-state index in [1.807, 2.05) is 6.07 Å². The summed E-state index contributed by atoms with van der Waals surface area (Å²) >= 11 is 0. The summed E-state index contributed by atoms with van der Waals surface area (Å²) in [5, 5.41) is 12.8. The summed E-state index contributed by atoms with van der Waals surface area (Å²) in [5.74, 6) is 7.46. The molecule has 0 radical (unpaired) electrons. The fourth-order valence-corrected chi connectivity index (χ4v) is 5.55. The van der Waals surface area contributed by atoms with E-state index in [4.69, 9.17) is 15.8 Å². The molecule has 3 N–H and O–H groups in total. The van der Waals surface area contributed by atoms with Crippen LogP contribution in [-0.2, 0) is 0 Å².